The van der Waals surface area contributed by atoms with Gasteiger partial charge in [-0.2, -0.15) is 11.8 Å². The maximum Gasteiger partial charge on any atom is 0.407 e. The molecule has 0 heterocycles. The van der Waals surface area contributed by atoms with Gasteiger partial charge in [-0.3, -0.25) is 4.79 Å². The van der Waals surface area contributed by atoms with Gasteiger partial charge in [-0.25, -0.2) is 13.6 Å². The monoisotopic (exact) mass is 346 g/mol. The summed E-state index contributed by atoms with van der Waals surface area (Å²) >= 11 is 1.30. The molecule has 0 aliphatic heterocycles. The topological polar surface area (TPSA) is 67.4 Å². The zero-order chi connectivity index (χ0) is 17.5. The SMILES string of the molecule is CC(C)(C)OC(=O)NCCSCC(=O)Nc1ccc(F)c(F)c1. The Balaban J connectivity index is 2.19. The highest BCUT2D eigenvalue weighted by molar-refractivity contribution is 7.99. The van der Waals surface area contributed by atoms with Crippen LogP contribution in [0.5, 0.6) is 0 Å². The van der Waals surface area contributed by atoms with Gasteiger partial charge < -0.3 is 15.4 Å². The number of anilines is 1. The van der Waals surface area contributed by atoms with Crippen LogP contribution in [0.3, 0.4) is 0 Å². The molecule has 0 radical (unpaired) electrons. The number of thioether (sulfide) groups is 1. The van der Waals surface area contributed by atoms with Crippen LogP contribution in [0.25, 0.3) is 0 Å². The highest BCUT2D eigenvalue weighted by Gasteiger charge is 2.15. The van der Waals surface area contributed by atoms with Crippen LogP contribution in [-0.2, 0) is 9.53 Å². The molecule has 1 rings (SSSR count). The molecule has 0 aliphatic rings. The van der Waals surface area contributed by atoms with Crippen molar-refractivity contribution in [3.63, 3.8) is 0 Å². The summed E-state index contributed by atoms with van der Waals surface area (Å²) < 4.78 is 30.8. The Morgan fingerprint density at radius 3 is 2.52 bits per heavy atom. The number of hydrogen-bond donors (Lipinski definition) is 2. The first-order chi connectivity index (χ1) is 10.7. The third-order valence-corrected chi connectivity index (χ3v) is 3.31. The molecule has 0 saturated carbocycles. The minimum atomic E-state index is -1.02. The van der Waals surface area contributed by atoms with E-state index in [1.165, 1.54) is 17.8 Å². The Morgan fingerprint density at radius 2 is 1.91 bits per heavy atom. The number of carbonyl (C=O) groups excluding carboxylic acids is 2. The van der Waals surface area contributed by atoms with E-state index in [1.807, 2.05) is 0 Å². The molecule has 0 spiro atoms. The zero-order valence-electron chi connectivity index (χ0n) is 13.2. The van der Waals surface area contributed by atoms with Crippen LogP contribution in [0.15, 0.2) is 18.2 Å². The fourth-order valence-electron chi connectivity index (χ4n) is 1.48. The molecule has 2 amide bonds. The molecule has 0 unspecified atom stereocenters. The molecule has 0 bridgehead atoms. The van der Waals surface area contributed by atoms with Crippen molar-refractivity contribution >= 4 is 29.4 Å². The second-order valence-corrected chi connectivity index (χ2v) is 6.76. The molecule has 1 aromatic rings. The number of rotatable bonds is 6. The van der Waals surface area contributed by atoms with Crippen molar-refractivity contribution < 1.29 is 23.1 Å². The maximum absolute atomic E-state index is 13.0. The smallest absolute Gasteiger partial charge is 0.407 e. The quantitative estimate of drug-likeness (QED) is 0.777. The van der Waals surface area contributed by atoms with Crippen LogP contribution in [-0.4, -0.2) is 35.7 Å². The summed E-state index contributed by atoms with van der Waals surface area (Å²) in [5.41, 5.74) is -0.358. The van der Waals surface area contributed by atoms with Crippen molar-refractivity contribution in [3.8, 4) is 0 Å². The van der Waals surface area contributed by atoms with E-state index in [2.05, 4.69) is 10.6 Å². The Kier molecular flexibility index (Phi) is 7.28. The van der Waals surface area contributed by atoms with E-state index in [9.17, 15) is 18.4 Å². The lowest BCUT2D eigenvalue weighted by atomic mass is 10.2. The van der Waals surface area contributed by atoms with Gasteiger partial charge in [-0.1, -0.05) is 0 Å². The van der Waals surface area contributed by atoms with Crippen molar-refractivity contribution in [1.29, 1.82) is 0 Å². The molecule has 0 saturated heterocycles. The van der Waals surface area contributed by atoms with Gasteiger partial charge in [0.2, 0.25) is 5.91 Å². The fraction of sp³-hybridized carbons (Fsp3) is 0.467. The van der Waals surface area contributed by atoms with E-state index in [0.29, 0.717) is 12.3 Å². The van der Waals surface area contributed by atoms with E-state index < -0.39 is 23.3 Å². The largest absolute Gasteiger partial charge is 0.444 e. The molecule has 0 aliphatic carbocycles. The number of benzene rings is 1. The number of carbonyl (C=O) groups is 2. The van der Waals surface area contributed by atoms with Crippen LogP contribution in [0.2, 0.25) is 0 Å². The Hall–Kier alpha value is -1.83. The number of amides is 2. The first-order valence-corrected chi connectivity index (χ1v) is 8.12. The lowest BCUT2D eigenvalue weighted by Crippen LogP contribution is -2.33. The summed E-state index contributed by atoms with van der Waals surface area (Å²) in [5.74, 6) is -1.67. The van der Waals surface area contributed by atoms with Gasteiger partial charge in [0.15, 0.2) is 11.6 Å². The van der Waals surface area contributed by atoms with Gasteiger partial charge in [0.1, 0.15) is 5.60 Å². The molecule has 0 atom stereocenters. The number of hydrogen-bond acceptors (Lipinski definition) is 4. The molecule has 0 aromatic heterocycles. The Bertz CT molecular complexity index is 562. The summed E-state index contributed by atoms with van der Waals surface area (Å²) in [4.78, 5) is 23.0. The molecule has 2 N–H and O–H groups in total. The molecule has 128 valence electrons. The van der Waals surface area contributed by atoms with Crippen LogP contribution in [0.4, 0.5) is 19.3 Å². The molecule has 0 fully saturated rings. The zero-order valence-corrected chi connectivity index (χ0v) is 14.1. The molecule has 23 heavy (non-hydrogen) atoms. The summed E-state index contributed by atoms with van der Waals surface area (Å²) in [5, 5.41) is 5.03. The first kappa shape index (κ1) is 19.2. The summed E-state index contributed by atoms with van der Waals surface area (Å²) in [7, 11) is 0. The second kappa shape index (κ2) is 8.71. The predicted molar refractivity (Wildman–Crippen MR) is 86.5 cm³/mol. The lowest BCUT2D eigenvalue weighted by molar-refractivity contribution is -0.113. The van der Waals surface area contributed by atoms with Crippen molar-refractivity contribution in [2.24, 2.45) is 0 Å². The van der Waals surface area contributed by atoms with Crippen molar-refractivity contribution in [3.05, 3.63) is 29.8 Å². The van der Waals surface area contributed by atoms with E-state index in [1.54, 1.807) is 20.8 Å². The van der Waals surface area contributed by atoms with Crippen molar-refractivity contribution in [1.82, 2.24) is 5.32 Å². The number of nitrogens with one attached hydrogen (secondary N) is 2. The summed E-state index contributed by atoms with van der Waals surface area (Å²) in [6, 6.07) is 3.15. The third-order valence-electron chi connectivity index (χ3n) is 2.35. The highest BCUT2D eigenvalue weighted by atomic mass is 32.2. The predicted octanol–water partition coefficient (Wildman–Crippen LogP) is 3.16. The standard InChI is InChI=1S/C15H20F2N2O3S/c1-15(2,3)22-14(21)18-6-7-23-9-13(20)19-10-4-5-11(16)12(17)8-10/h4-5,8H,6-7,9H2,1-3H3,(H,18,21)(H,19,20). The van der Waals surface area contributed by atoms with Crippen LogP contribution < -0.4 is 10.6 Å². The first-order valence-electron chi connectivity index (χ1n) is 6.97. The van der Waals surface area contributed by atoms with Gasteiger partial charge in [0.05, 0.1) is 5.75 Å². The summed E-state index contributed by atoms with van der Waals surface area (Å²) in [6.45, 7) is 5.66. The number of halogens is 2. The minimum absolute atomic E-state index is 0.134. The Labute approximate surface area is 138 Å². The molecule has 5 nitrogen and oxygen atoms in total. The molecule has 8 heteroatoms. The third kappa shape index (κ3) is 8.39. The van der Waals surface area contributed by atoms with Crippen LogP contribution in [0, 0.1) is 11.6 Å². The number of ether oxygens (including phenoxy) is 1. The average molecular weight is 346 g/mol. The molecular formula is C15H20F2N2O3S. The number of alkyl carbamates (subject to hydrolysis) is 1. The highest BCUT2D eigenvalue weighted by Crippen LogP contribution is 2.13. The lowest BCUT2D eigenvalue weighted by Gasteiger charge is -2.19. The Morgan fingerprint density at radius 1 is 1.22 bits per heavy atom. The van der Waals surface area contributed by atoms with Crippen molar-refractivity contribution in [2.45, 2.75) is 26.4 Å². The molecular weight excluding hydrogens is 326 g/mol. The maximum atomic E-state index is 13.0. The van der Waals surface area contributed by atoms with E-state index >= 15 is 0 Å². The normalized spacial score (nSPS) is 11.0. The fourth-order valence-corrected chi connectivity index (χ4v) is 2.12. The van der Waals surface area contributed by atoms with Gasteiger partial charge >= 0.3 is 6.09 Å². The van der Waals surface area contributed by atoms with Gasteiger partial charge in [0.25, 0.3) is 0 Å². The molecule has 1 aromatic carbocycles. The van der Waals surface area contributed by atoms with Gasteiger partial charge in [-0.15, -0.1) is 0 Å². The van der Waals surface area contributed by atoms with E-state index in [4.69, 9.17) is 4.74 Å². The van der Waals surface area contributed by atoms with Crippen molar-refractivity contribution in [2.75, 3.05) is 23.4 Å². The summed E-state index contributed by atoms with van der Waals surface area (Å²) in [6.07, 6.45) is -0.510. The van der Waals surface area contributed by atoms with E-state index in [0.717, 1.165) is 12.1 Å². The second-order valence-electron chi connectivity index (χ2n) is 5.66. The van der Waals surface area contributed by atoms with Gasteiger partial charge in [-0.05, 0) is 32.9 Å². The van der Waals surface area contributed by atoms with E-state index in [-0.39, 0.29) is 17.3 Å². The average Bonchev–Trinajstić information content (AvgIpc) is 2.40. The minimum Gasteiger partial charge on any atom is -0.444 e. The van der Waals surface area contributed by atoms with Crippen LogP contribution in [0.1, 0.15) is 20.8 Å². The van der Waals surface area contributed by atoms with Crippen LogP contribution >= 0.6 is 11.8 Å². The van der Waals surface area contributed by atoms with Gasteiger partial charge in [0, 0.05) is 24.1 Å².